The third-order valence-electron chi connectivity index (χ3n) is 3.08. The van der Waals surface area contributed by atoms with E-state index >= 15 is 0 Å². The topological polar surface area (TPSA) is 98.6 Å². The van der Waals surface area contributed by atoms with Crippen LogP contribution in [0, 0.1) is 0 Å². The minimum Gasteiger partial charge on any atom is -0.462 e. The fourth-order valence-corrected chi connectivity index (χ4v) is 2.22. The zero-order valence-corrected chi connectivity index (χ0v) is 13.2. The molecule has 4 N–H and O–H groups in total. The molecule has 0 atom stereocenters. The number of halogens is 1. The van der Waals surface area contributed by atoms with Crippen LogP contribution in [0.4, 0.5) is 21.9 Å². The highest BCUT2D eigenvalue weighted by molar-refractivity contribution is 6.33. The molecule has 0 aliphatic heterocycles. The van der Waals surface area contributed by atoms with Gasteiger partial charge in [0.05, 0.1) is 34.3 Å². The van der Waals surface area contributed by atoms with Crippen LogP contribution in [0.25, 0.3) is 0 Å². The molecule has 7 heteroatoms. The molecule has 120 valence electrons. The second-order valence-corrected chi connectivity index (χ2v) is 5.06. The van der Waals surface area contributed by atoms with E-state index < -0.39 is 12.0 Å². The average Bonchev–Trinajstić information content (AvgIpc) is 2.51. The zero-order chi connectivity index (χ0) is 17.0. The third kappa shape index (κ3) is 3.73. The Morgan fingerprint density at radius 1 is 1.17 bits per heavy atom. The lowest BCUT2D eigenvalue weighted by Crippen LogP contribution is -2.31. The van der Waals surface area contributed by atoms with Crippen molar-refractivity contribution in [3.05, 3.63) is 53.1 Å². The van der Waals surface area contributed by atoms with Gasteiger partial charge in [-0.1, -0.05) is 17.7 Å². The SMILES string of the molecule is CCOC(=O)c1cccc(N(C(N)=O)c2ccc(N)c(Cl)c2)c1. The van der Waals surface area contributed by atoms with Gasteiger partial charge in [0, 0.05) is 0 Å². The van der Waals surface area contributed by atoms with Crippen molar-refractivity contribution in [1.29, 1.82) is 0 Å². The number of amides is 2. The average molecular weight is 334 g/mol. The van der Waals surface area contributed by atoms with E-state index in [-0.39, 0.29) is 6.61 Å². The van der Waals surface area contributed by atoms with Crippen LogP contribution >= 0.6 is 11.6 Å². The van der Waals surface area contributed by atoms with Crippen molar-refractivity contribution >= 4 is 40.7 Å². The molecule has 0 radical (unpaired) electrons. The molecule has 0 aromatic heterocycles. The summed E-state index contributed by atoms with van der Waals surface area (Å²) < 4.78 is 4.95. The number of carbonyl (C=O) groups excluding carboxylic acids is 2. The van der Waals surface area contributed by atoms with E-state index in [1.165, 1.54) is 17.0 Å². The van der Waals surface area contributed by atoms with Gasteiger partial charge in [0.2, 0.25) is 0 Å². The van der Waals surface area contributed by atoms with E-state index in [2.05, 4.69) is 0 Å². The molecule has 0 aliphatic carbocycles. The predicted octanol–water partition coefficient (Wildman–Crippen LogP) is 3.32. The smallest absolute Gasteiger partial charge is 0.338 e. The molecule has 0 saturated heterocycles. The van der Waals surface area contributed by atoms with E-state index in [0.717, 1.165) is 0 Å². The van der Waals surface area contributed by atoms with E-state index in [1.807, 2.05) is 0 Å². The van der Waals surface area contributed by atoms with Gasteiger partial charge in [-0.05, 0) is 43.3 Å². The first-order valence-electron chi connectivity index (χ1n) is 6.85. The van der Waals surface area contributed by atoms with Crippen LogP contribution in [0.1, 0.15) is 17.3 Å². The first-order chi connectivity index (χ1) is 10.9. The van der Waals surface area contributed by atoms with E-state index in [1.54, 1.807) is 37.3 Å². The quantitative estimate of drug-likeness (QED) is 0.662. The van der Waals surface area contributed by atoms with Gasteiger partial charge in [0.15, 0.2) is 0 Å². The molecule has 0 fully saturated rings. The van der Waals surface area contributed by atoms with Crippen molar-refractivity contribution in [3.8, 4) is 0 Å². The normalized spacial score (nSPS) is 10.2. The highest BCUT2D eigenvalue weighted by Crippen LogP contribution is 2.30. The summed E-state index contributed by atoms with van der Waals surface area (Å²) in [7, 11) is 0. The number of hydrogen-bond donors (Lipinski definition) is 2. The number of esters is 1. The molecule has 0 spiro atoms. The monoisotopic (exact) mass is 333 g/mol. The highest BCUT2D eigenvalue weighted by Gasteiger charge is 2.18. The van der Waals surface area contributed by atoms with Crippen LogP contribution in [-0.4, -0.2) is 18.6 Å². The molecule has 2 amide bonds. The lowest BCUT2D eigenvalue weighted by molar-refractivity contribution is 0.0526. The van der Waals surface area contributed by atoms with Crippen LogP contribution in [0.2, 0.25) is 5.02 Å². The highest BCUT2D eigenvalue weighted by atomic mass is 35.5. The van der Waals surface area contributed by atoms with Crippen molar-refractivity contribution in [3.63, 3.8) is 0 Å². The Bertz CT molecular complexity index is 749. The molecule has 23 heavy (non-hydrogen) atoms. The lowest BCUT2D eigenvalue weighted by atomic mass is 10.1. The third-order valence-corrected chi connectivity index (χ3v) is 3.41. The van der Waals surface area contributed by atoms with Gasteiger partial charge >= 0.3 is 12.0 Å². The number of hydrogen-bond acceptors (Lipinski definition) is 4. The van der Waals surface area contributed by atoms with Crippen LogP contribution in [0.3, 0.4) is 0 Å². The van der Waals surface area contributed by atoms with Crippen molar-refractivity contribution in [2.45, 2.75) is 6.92 Å². The Hall–Kier alpha value is -2.73. The minimum atomic E-state index is -0.716. The molecule has 0 unspecified atom stereocenters. The summed E-state index contributed by atoms with van der Waals surface area (Å²) in [4.78, 5) is 24.9. The van der Waals surface area contributed by atoms with Crippen molar-refractivity contribution in [2.24, 2.45) is 5.73 Å². The van der Waals surface area contributed by atoms with Gasteiger partial charge in [-0.15, -0.1) is 0 Å². The van der Waals surface area contributed by atoms with Gasteiger partial charge < -0.3 is 16.2 Å². The van der Waals surface area contributed by atoms with E-state index in [0.29, 0.717) is 27.6 Å². The number of nitrogens with zero attached hydrogens (tertiary/aromatic N) is 1. The summed E-state index contributed by atoms with van der Waals surface area (Å²) in [5, 5.41) is 0.301. The summed E-state index contributed by atoms with van der Waals surface area (Å²) in [6, 6.07) is 10.4. The Morgan fingerprint density at radius 2 is 1.87 bits per heavy atom. The molecule has 2 aromatic carbocycles. The van der Waals surface area contributed by atoms with E-state index in [9.17, 15) is 9.59 Å². The molecular weight excluding hydrogens is 318 g/mol. The second kappa shape index (κ2) is 7.02. The summed E-state index contributed by atoms with van der Waals surface area (Å²) in [6.07, 6.45) is 0. The predicted molar refractivity (Wildman–Crippen MR) is 90.0 cm³/mol. The number of anilines is 3. The zero-order valence-electron chi connectivity index (χ0n) is 12.5. The van der Waals surface area contributed by atoms with Crippen LogP contribution in [-0.2, 0) is 4.74 Å². The van der Waals surface area contributed by atoms with Crippen molar-refractivity contribution in [1.82, 2.24) is 0 Å². The second-order valence-electron chi connectivity index (χ2n) is 4.65. The largest absolute Gasteiger partial charge is 0.462 e. The minimum absolute atomic E-state index is 0.260. The Labute approximate surface area is 138 Å². The van der Waals surface area contributed by atoms with E-state index in [4.69, 9.17) is 27.8 Å². The molecule has 0 heterocycles. The number of carbonyl (C=O) groups is 2. The Balaban J connectivity index is 2.46. The van der Waals surface area contributed by atoms with Gasteiger partial charge in [0.1, 0.15) is 0 Å². The molecule has 2 aromatic rings. The molecule has 2 rings (SSSR count). The number of nitrogen functional groups attached to an aromatic ring is 1. The fraction of sp³-hybridized carbons (Fsp3) is 0.125. The van der Waals surface area contributed by atoms with Gasteiger partial charge in [-0.25, -0.2) is 9.59 Å². The van der Waals surface area contributed by atoms with Crippen LogP contribution in [0.5, 0.6) is 0 Å². The van der Waals surface area contributed by atoms with Crippen LogP contribution < -0.4 is 16.4 Å². The Kier molecular flexibility index (Phi) is 5.08. The molecule has 0 saturated carbocycles. The summed E-state index contributed by atoms with van der Waals surface area (Å²) in [5.41, 5.74) is 12.7. The molecule has 0 aliphatic rings. The maximum atomic E-state index is 11.9. The number of primary amides is 1. The van der Waals surface area contributed by atoms with Gasteiger partial charge in [-0.3, -0.25) is 4.90 Å². The van der Waals surface area contributed by atoms with Crippen LogP contribution in [0.15, 0.2) is 42.5 Å². The van der Waals surface area contributed by atoms with Crippen molar-refractivity contribution < 1.29 is 14.3 Å². The lowest BCUT2D eigenvalue weighted by Gasteiger charge is -2.21. The molecule has 0 bridgehead atoms. The number of nitrogens with two attached hydrogens (primary N) is 2. The summed E-state index contributed by atoms with van der Waals surface area (Å²) >= 11 is 6.00. The standard InChI is InChI=1S/C16H16ClN3O3/c1-2-23-15(21)10-4-3-5-11(8-10)20(16(19)22)12-6-7-14(18)13(17)9-12/h3-9H,2,18H2,1H3,(H2,19,22). The number of urea groups is 1. The number of ether oxygens (including phenoxy) is 1. The number of benzene rings is 2. The first-order valence-corrected chi connectivity index (χ1v) is 7.23. The summed E-state index contributed by atoms with van der Waals surface area (Å²) in [6.45, 7) is 1.98. The van der Waals surface area contributed by atoms with Gasteiger partial charge in [0.25, 0.3) is 0 Å². The molecule has 6 nitrogen and oxygen atoms in total. The maximum absolute atomic E-state index is 11.9. The number of rotatable bonds is 4. The maximum Gasteiger partial charge on any atom is 0.338 e. The fourth-order valence-electron chi connectivity index (χ4n) is 2.05. The Morgan fingerprint density at radius 3 is 2.48 bits per heavy atom. The van der Waals surface area contributed by atoms with Gasteiger partial charge in [-0.2, -0.15) is 0 Å². The first kappa shape index (κ1) is 16.6. The van der Waals surface area contributed by atoms with Crippen molar-refractivity contribution in [2.75, 3.05) is 17.2 Å². The summed E-state index contributed by atoms with van der Waals surface area (Å²) in [5.74, 6) is -0.478. The molecular formula is C16H16ClN3O3.